The maximum Gasteiger partial charge on any atom is 0.246 e. The smallest absolute Gasteiger partial charge is 0.246 e. The number of rotatable bonds is 3. The molecule has 4 heterocycles. The summed E-state index contributed by atoms with van der Waals surface area (Å²) in [6, 6.07) is 1.98. The number of piperidine rings is 1. The number of aryl methyl sites for hydroxylation is 2. The average Bonchev–Trinajstić information content (AvgIpc) is 3.26. The van der Waals surface area contributed by atoms with Gasteiger partial charge in [-0.1, -0.05) is 0 Å². The minimum atomic E-state index is -3.80. The number of hydrogen-bond donors (Lipinski definition) is 0. The molecule has 1 fully saturated rings. The van der Waals surface area contributed by atoms with Crippen LogP contribution in [0.2, 0.25) is 0 Å². The molecule has 3 aromatic heterocycles. The van der Waals surface area contributed by atoms with Crippen LogP contribution < -0.4 is 0 Å². The van der Waals surface area contributed by atoms with E-state index < -0.39 is 17.0 Å². The first-order chi connectivity index (χ1) is 13.6. The molecule has 4 rings (SSSR count). The Hall–Kier alpha value is -2.26. The van der Waals surface area contributed by atoms with Crippen LogP contribution in [0, 0.1) is 13.8 Å². The van der Waals surface area contributed by atoms with E-state index in [1.165, 1.54) is 17.6 Å². The Balaban J connectivity index is 1.54. The standard InChI is InChI=1S/C17H22N6O2S/c1-12-8-17-18-11-20-23(17)10-15(12)14-4-6-22(7-5-14)26(24,25)16-9-19-21(3)13(16)2/h8-11,14H,4-7H2,1-3H3/i3D3. The van der Waals surface area contributed by atoms with Gasteiger partial charge in [-0.05, 0) is 49.8 Å². The van der Waals surface area contributed by atoms with Crippen molar-refractivity contribution in [1.82, 2.24) is 28.7 Å². The van der Waals surface area contributed by atoms with Gasteiger partial charge in [-0.3, -0.25) is 4.68 Å². The van der Waals surface area contributed by atoms with E-state index in [4.69, 9.17) is 4.11 Å². The van der Waals surface area contributed by atoms with E-state index in [1.54, 1.807) is 4.52 Å². The van der Waals surface area contributed by atoms with Gasteiger partial charge < -0.3 is 0 Å². The number of hydrogen-bond acceptors (Lipinski definition) is 5. The van der Waals surface area contributed by atoms with Gasteiger partial charge in [-0.2, -0.15) is 14.5 Å². The van der Waals surface area contributed by atoms with Crippen molar-refractivity contribution in [2.24, 2.45) is 6.98 Å². The van der Waals surface area contributed by atoms with Crippen molar-refractivity contribution in [3.63, 3.8) is 0 Å². The Morgan fingerprint density at radius 2 is 2.00 bits per heavy atom. The number of sulfonamides is 1. The van der Waals surface area contributed by atoms with Crippen LogP contribution in [0.15, 0.2) is 29.7 Å². The fraction of sp³-hybridized carbons (Fsp3) is 0.471. The third-order valence-electron chi connectivity index (χ3n) is 5.14. The molecular formula is C17H22N6O2S. The summed E-state index contributed by atoms with van der Waals surface area (Å²) in [6.07, 6.45) is 5.96. The second-order valence-electron chi connectivity index (χ2n) is 6.66. The van der Waals surface area contributed by atoms with E-state index >= 15 is 0 Å². The largest absolute Gasteiger partial charge is 0.272 e. The molecule has 0 N–H and O–H groups in total. The molecule has 0 atom stereocenters. The number of nitrogens with zero attached hydrogens (tertiary/aromatic N) is 6. The van der Waals surface area contributed by atoms with E-state index in [9.17, 15) is 8.42 Å². The van der Waals surface area contributed by atoms with Crippen LogP contribution in [0.5, 0.6) is 0 Å². The quantitative estimate of drug-likeness (QED) is 0.693. The van der Waals surface area contributed by atoms with Gasteiger partial charge in [0.15, 0.2) is 5.65 Å². The molecule has 9 heteroatoms. The summed E-state index contributed by atoms with van der Waals surface area (Å²) in [4.78, 5) is 4.14. The fourth-order valence-corrected chi connectivity index (χ4v) is 5.20. The lowest BCUT2D eigenvalue weighted by molar-refractivity contribution is 0.318. The van der Waals surface area contributed by atoms with Crippen LogP contribution in [0.4, 0.5) is 0 Å². The van der Waals surface area contributed by atoms with Crippen molar-refractivity contribution in [3.05, 3.63) is 41.6 Å². The Morgan fingerprint density at radius 3 is 2.69 bits per heavy atom. The SMILES string of the molecule is [2H]C([2H])([2H])n1ncc(S(=O)(=O)N2CCC(c3cn4ncnc4cc3C)CC2)c1C. The van der Waals surface area contributed by atoms with E-state index in [1.807, 2.05) is 19.2 Å². The van der Waals surface area contributed by atoms with Crippen molar-refractivity contribution in [2.75, 3.05) is 13.1 Å². The molecule has 0 aromatic carbocycles. The first-order valence-electron chi connectivity index (χ1n) is 9.94. The highest BCUT2D eigenvalue weighted by Gasteiger charge is 2.32. The van der Waals surface area contributed by atoms with Crippen LogP contribution in [0.25, 0.3) is 5.65 Å². The lowest BCUT2D eigenvalue weighted by Gasteiger charge is -2.31. The molecule has 1 saturated heterocycles. The molecule has 1 aliphatic heterocycles. The molecule has 0 unspecified atom stereocenters. The fourth-order valence-electron chi connectivity index (χ4n) is 3.59. The van der Waals surface area contributed by atoms with Gasteiger partial charge in [0.25, 0.3) is 0 Å². The van der Waals surface area contributed by atoms with Crippen molar-refractivity contribution in [3.8, 4) is 0 Å². The molecule has 0 radical (unpaired) electrons. The summed E-state index contributed by atoms with van der Waals surface area (Å²) in [5.41, 5.74) is 3.17. The zero-order valence-electron chi connectivity index (χ0n) is 17.6. The van der Waals surface area contributed by atoms with E-state index in [0.717, 1.165) is 27.7 Å². The first-order valence-corrected chi connectivity index (χ1v) is 9.88. The lowest BCUT2D eigenvalue weighted by atomic mass is 9.89. The highest BCUT2D eigenvalue weighted by Crippen LogP contribution is 2.33. The van der Waals surface area contributed by atoms with Crippen LogP contribution in [-0.4, -0.2) is 50.2 Å². The maximum atomic E-state index is 13.1. The van der Waals surface area contributed by atoms with Crippen molar-refractivity contribution in [1.29, 1.82) is 0 Å². The number of aromatic nitrogens is 5. The predicted octanol–water partition coefficient (Wildman–Crippen LogP) is 1.65. The Morgan fingerprint density at radius 1 is 1.23 bits per heavy atom. The van der Waals surface area contributed by atoms with Crippen molar-refractivity contribution < 1.29 is 12.5 Å². The summed E-state index contributed by atoms with van der Waals surface area (Å²) >= 11 is 0. The molecule has 3 aromatic rings. The maximum absolute atomic E-state index is 13.1. The highest BCUT2D eigenvalue weighted by atomic mass is 32.2. The van der Waals surface area contributed by atoms with Crippen LogP contribution >= 0.6 is 0 Å². The highest BCUT2D eigenvalue weighted by molar-refractivity contribution is 7.89. The predicted molar refractivity (Wildman–Crippen MR) is 96.4 cm³/mol. The molecule has 0 saturated carbocycles. The van der Waals surface area contributed by atoms with Crippen LogP contribution in [0.1, 0.15) is 39.7 Å². The molecule has 138 valence electrons. The summed E-state index contributed by atoms with van der Waals surface area (Å²) in [5.74, 6) is 0.223. The van der Waals surface area contributed by atoms with E-state index in [0.29, 0.717) is 25.9 Å². The van der Waals surface area contributed by atoms with Crippen LogP contribution in [0.3, 0.4) is 0 Å². The first kappa shape index (κ1) is 13.9. The number of pyridine rings is 1. The lowest BCUT2D eigenvalue weighted by Crippen LogP contribution is -2.38. The monoisotopic (exact) mass is 377 g/mol. The minimum absolute atomic E-state index is 0.0488. The van der Waals surface area contributed by atoms with Gasteiger partial charge in [0.05, 0.1) is 11.9 Å². The van der Waals surface area contributed by atoms with Gasteiger partial charge in [0.2, 0.25) is 10.0 Å². The zero-order chi connectivity index (χ0) is 21.0. The van der Waals surface area contributed by atoms with Gasteiger partial charge in [-0.25, -0.2) is 17.9 Å². The Bertz CT molecular complexity index is 1160. The van der Waals surface area contributed by atoms with Gasteiger partial charge >= 0.3 is 0 Å². The average molecular weight is 377 g/mol. The van der Waals surface area contributed by atoms with Crippen molar-refractivity contribution >= 4 is 15.7 Å². The topological polar surface area (TPSA) is 85.4 Å². The summed E-state index contributed by atoms with van der Waals surface area (Å²) in [7, 11) is -3.80. The summed E-state index contributed by atoms with van der Waals surface area (Å²) in [5, 5.41) is 7.96. The molecular weight excluding hydrogens is 352 g/mol. The molecule has 8 nitrogen and oxygen atoms in total. The van der Waals surface area contributed by atoms with Crippen molar-refractivity contribution in [2.45, 2.75) is 37.5 Å². The molecule has 26 heavy (non-hydrogen) atoms. The zero-order valence-corrected chi connectivity index (χ0v) is 15.4. The van der Waals surface area contributed by atoms with Gasteiger partial charge in [0.1, 0.15) is 11.2 Å². The Kier molecular flexibility index (Phi) is 3.29. The van der Waals surface area contributed by atoms with Crippen LogP contribution in [-0.2, 0) is 17.0 Å². The molecule has 0 spiro atoms. The second kappa shape index (κ2) is 6.17. The molecule has 0 bridgehead atoms. The summed E-state index contributed by atoms with van der Waals surface area (Å²) < 4.78 is 52.5. The summed E-state index contributed by atoms with van der Waals surface area (Å²) in [6.45, 7) is 1.71. The van der Waals surface area contributed by atoms with Gasteiger partial charge in [0, 0.05) is 30.4 Å². The van der Waals surface area contributed by atoms with E-state index in [2.05, 4.69) is 15.2 Å². The third-order valence-corrected chi connectivity index (χ3v) is 7.14. The van der Waals surface area contributed by atoms with E-state index in [-0.39, 0.29) is 16.5 Å². The molecule has 0 amide bonds. The Labute approximate surface area is 156 Å². The normalized spacial score (nSPS) is 19.4. The molecule has 1 aliphatic rings. The number of fused-ring (bicyclic) bond motifs is 1. The second-order valence-corrected chi connectivity index (χ2v) is 8.57. The minimum Gasteiger partial charge on any atom is -0.272 e. The molecule has 0 aliphatic carbocycles. The third kappa shape index (κ3) is 2.71. The van der Waals surface area contributed by atoms with Gasteiger partial charge in [-0.15, -0.1) is 0 Å².